The molecule has 16 heavy (non-hydrogen) atoms. The highest BCUT2D eigenvalue weighted by atomic mass is 15.0. The second-order valence-corrected chi connectivity index (χ2v) is 6.58. The van der Waals surface area contributed by atoms with Crippen molar-refractivity contribution in [3.05, 3.63) is 0 Å². The van der Waals surface area contributed by atoms with Gasteiger partial charge < -0.3 is 5.32 Å². The lowest BCUT2D eigenvalue weighted by atomic mass is 10.0. The Morgan fingerprint density at radius 1 is 1.12 bits per heavy atom. The number of nitrogens with one attached hydrogen (secondary N) is 1. The molecule has 0 aromatic carbocycles. The van der Waals surface area contributed by atoms with E-state index in [1.807, 2.05) is 0 Å². The van der Waals surface area contributed by atoms with Crippen LogP contribution in [0.25, 0.3) is 0 Å². The second kappa shape index (κ2) is 4.33. The van der Waals surface area contributed by atoms with Crippen LogP contribution in [0.3, 0.4) is 0 Å². The Morgan fingerprint density at radius 3 is 2.44 bits per heavy atom. The van der Waals surface area contributed by atoms with Crippen LogP contribution < -0.4 is 5.32 Å². The summed E-state index contributed by atoms with van der Waals surface area (Å²) in [6.45, 7) is 4.69. The van der Waals surface area contributed by atoms with Crippen LogP contribution in [0, 0.1) is 23.7 Å². The van der Waals surface area contributed by atoms with Gasteiger partial charge in [-0.1, -0.05) is 26.2 Å². The molecule has 5 unspecified atom stereocenters. The molecular formula is C15H27N. The van der Waals surface area contributed by atoms with Gasteiger partial charge in [0.05, 0.1) is 0 Å². The average molecular weight is 221 g/mol. The Morgan fingerprint density at radius 2 is 1.81 bits per heavy atom. The predicted octanol–water partition coefficient (Wildman–Crippen LogP) is 3.59. The van der Waals surface area contributed by atoms with Gasteiger partial charge in [-0.15, -0.1) is 0 Å². The molecule has 0 saturated heterocycles. The summed E-state index contributed by atoms with van der Waals surface area (Å²) in [6.07, 6.45) is 10.2. The van der Waals surface area contributed by atoms with E-state index in [0.717, 1.165) is 35.8 Å². The highest BCUT2D eigenvalue weighted by Gasteiger charge is 2.64. The van der Waals surface area contributed by atoms with E-state index in [4.69, 9.17) is 0 Å². The van der Waals surface area contributed by atoms with E-state index in [1.54, 1.807) is 19.3 Å². The zero-order chi connectivity index (χ0) is 11.1. The summed E-state index contributed by atoms with van der Waals surface area (Å²) in [5.74, 6) is 4.45. The molecule has 1 N–H and O–H groups in total. The summed E-state index contributed by atoms with van der Waals surface area (Å²) in [5.41, 5.74) is 0. The molecule has 92 valence electrons. The van der Waals surface area contributed by atoms with Crippen molar-refractivity contribution in [2.75, 3.05) is 0 Å². The maximum absolute atomic E-state index is 3.92. The molecule has 0 radical (unpaired) electrons. The Kier molecular flexibility index (Phi) is 2.99. The first-order valence-electron chi connectivity index (χ1n) is 7.57. The van der Waals surface area contributed by atoms with Gasteiger partial charge in [0.1, 0.15) is 0 Å². The van der Waals surface area contributed by atoms with Gasteiger partial charge in [-0.3, -0.25) is 0 Å². The summed E-state index contributed by atoms with van der Waals surface area (Å²) < 4.78 is 0. The van der Waals surface area contributed by atoms with Crippen molar-refractivity contribution in [2.24, 2.45) is 23.7 Å². The van der Waals surface area contributed by atoms with Crippen LogP contribution >= 0.6 is 0 Å². The lowest BCUT2D eigenvalue weighted by Gasteiger charge is -2.16. The van der Waals surface area contributed by atoms with E-state index in [1.165, 1.54) is 25.7 Å². The summed E-state index contributed by atoms with van der Waals surface area (Å²) in [7, 11) is 0. The second-order valence-electron chi connectivity index (χ2n) is 6.58. The van der Waals surface area contributed by atoms with Crippen molar-refractivity contribution in [3.8, 4) is 0 Å². The lowest BCUT2D eigenvalue weighted by Crippen LogP contribution is -2.31. The molecule has 1 nitrogen and oxygen atoms in total. The SMILES string of the molecule is CCCCCC(C)NC1C2C3CCC(C3)C12. The fourth-order valence-corrected chi connectivity index (χ4v) is 4.66. The molecule has 0 heterocycles. The number of unbranched alkanes of at least 4 members (excludes halogenated alkanes) is 2. The van der Waals surface area contributed by atoms with E-state index >= 15 is 0 Å². The molecule has 0 aliphatic heterocycles. The molecule has 0 spiro atoms. The Balaban J connectivity index is 1.41. The Hall–Kier alpha value is -0.0400. The van der Waals surface area contributed by atoms with E-state index < -0.39 is 0 Å². The minimum absolute atomic E-state index is 0.765. The highest BCUT2D eigenvalue weighted by Crippen LogP contribution is 2.65. The van der Waals surface area contributed by atoms with Crippen LogP contribution in [0.1, 0.15) is 58.8 Å². The number of rotatable bonds is 6. The van der Waals surface area contributed by atoms with Crippen molar-refractivity contribution in [1.29, 1.82) is 0 Å². The molecule has 3 aliphatic carbocycles. The van der Waals surface area contributed by atoms with Crippen molar-refractivity contribution in [1.82, 2.24) is 5.32 Å². The Labute approximate surface area is 100 Å². The molecule has 1 heteroatoms. The van der Waals surface area contributed by atoms with Crippen LogP contribution in [0.4, 0.5) is 0 Å². The third-order valence-corrected chi connectivity index (χ3v) is 5.45. The van der Waals surface area contributed by atoms with E-state index in [0.29, 0.717) is 0 Å². The van der Waals surface area contributed by atoms with E-state index in [2.05, 4.69) is 19.2 Å². The summed E-state index contributed by atoms with van der Waals surface area (Å²) >= 11 is 0. The molecular weight excluding hydrogens is 194 g/mol. The fraction of sp³-hybridized carbons (Fsp3) is 1.00. The largest absolute Gasteiger partial charge is 0.311 e. The molecule has 0 aromatic heterocycles. The number of hydrogen-bond donors (Lipinski definition) is 1. The zero-order valence-corrected chi connectivity index (χ0v) is 10.9. The van der Waals surface area contributed by atoms with Gasteiger partial charge in [0, 0.05) is 12.1 Å². The molecule has 2 bridgehead atoms. The number of fused-ring (bicyclic) bond motifs is 5. The quantitative estimate of drug-likeness (QED) is 0.676. The standard InChI is InChI=1S/C15H27N/c1-3-4-5-6-10(2)16-15-13-11-7-8-12(9-11)14(13)15/h10-16H,3-9H2,1-2H3. The van der Waals surface area contributed by atoms with Crippen molar-refractivity contribution < 1.29 is 0 Å². The zero-order valence-electron chi connectivity index (χ0n) is 10.9. The molecule has 0 amide bonds. The summed E-state index contributed by atoms with van der Waals surface area (Å²) in [6, 6.07) is 1.70. The minimum Gasteiger partial charge on any atom is -0.311 e. The van der Waals surface area contributed by atoms with Crippen LogP contribution in [0.5, 0.6) is 0 Å². The highest BCUT2D eigenvalue weighted by molar-refractivity contribution is 5.17. The van der Waals surface area contributed by atoms with E-state index in [9.17, 15) is 0 Å². The summed E-state index contributed by atoms with van der Waals surface area (Å²) in [5, 5.41) is 3.92. The first-order chi connectivity index (χ1) is 7.81. The van der Waals surface area contributed by atoms with Gasteiger partial charge in [0.2, 0.25) is 0 Å². The van der Waals surface area contributed by atoms with Crippen LogP contribution in [-0.4, -0.2) is 12.1 Å². The molecule has 0 aromatic rings. The predicted molar refractivity (Wildman–Crippen MR) is 68.3 cm³/mol. The van der Waals surface area contributed by atoms with Crippen LogP contribution in [0.15, 0.2) is 0 Å². The van der Waals surface area contributed by atoms with Gasteiger partial charge in [0.15, 0.2) is 0 Å². The fourth-order valence-electron chi connectivity index (χ4n) is 4.66. The minimum atomic E-state index is 0.765. The first-order valence-corrected chi connectivity index (χ1v) is 7.57. The lowest BCUT2D eigenvalue weighted by molar-refractivity contribution is 0.409. The number of hydrogen-bond acceptors (Lipinski definition) is 1. The smallest absolute Gasteiger partial charge is 0.0138 e. The molecule has 3 fully saturated rings. The molecule has 3 aliphatic rings. The maximum atomic E-state index is 3.92. The summed E-state index contributed by atoms with van der Waals surface area (Å²) in [4.78, 5) is 0. The van der Waals surface area contributed by atoms with Gasteiger partial charge >= 0.3 is 0 Å². The van der Waals surface area contributed by atoms with Crippen LogP contribution in [-0.2, 0) is 0 Å². The molecule has 3 saturated carbocycles. The first kappa shape index (κ1) is 11.1. The van der Waals surface area contributed by atoms with E-state index in [-0.39, 0.29) is 0 Å². The van der Waals surface area contributed by atoms with Crippen molar-refractivity contribution >= 4 is 0 Å². The maximum Gasteiger partial charge on any atom is 0.0138 e. The van der Waals surface area contributed by atoms with Gasteiger partial charge in [-0.05, 0) is 56.3 Å². The molecule has 5 atom stereocenters. The van der Waals surface area contributed by atoms with Crippen molar-refractivity contribution in [2.45, 2.75) is 70.9 Å². The van der Waals surface area contributed by atoms with Gasteiger partial charge in [-0.25, -0.2) is 0 Å². The van der Waals surface area contributed by atoms with Crippen molar-refractivity contribution in [3.63, 3.8) is 0 Å². The van der Waals surface area contributed by atoms with Gasteiger partial charge in [-0.2, -0.15) is 0 Å². The third-order valence-electron chi connectivity index (χ3n) is 5.45. The monoisotopic (exact) mass is 221 g/mol. The molecule has 3 rings (SSSR count). The average Bonchev–Trinajstić information content (AvgIpc) is 2.70. The normalized spacial score (nSPS) is 45.8. The third kappa shape index (κ3) is 1.81. The van der Waals surface area contributed by atoms with Gasteiger partial charge in [0.25, 0.3) is 0 Å². The topological polar surface area (TPSA) is 12.0 Å². The Bertz CT molecular complexity index is 234. The van der Waals surface area contributed by atoms with Crippen LogP contribution in [0.2, 0.25) is 0 Å².